The van der Waals surface area contributed by atoms with Gasteiger partial charge in [-0.2, -0.15) is 0 Å². The second-order valence-corrected chi connectivity index (χ2v) is 4.70. The first-order chi connectivity index (χ1) is 7.41. The van der Waals surface area contributed by atoms with Gasteiger partial charge in [0.05, 0.1) is 5.92 Å². The van der Waals surface area contributed by atoms with Gasteiger partial charge in [-0.15, -0.1) is 0 Å². The Morgan fingerprint density at radius 1 is 1.38 bits per heavy atom. The third-order valence-electron chi connectivity index (χ3n) is 3.33. The molecule has 0 bridgehead atoms. The summed E-state index contributed by atoms with van der Waals surface area (Å²) >= 11 is 0. The van der Waals surface area contributed by atoms with E-state index in [0.717, 1.165) is 6.42 Å². The van der Waals surface area contributed by atoms with Crippen molar-refractivity contribution < 1.29 is 14.7 Å². The van der Waals surface area contributed by atoms with Crippen molar-refractivity contribution in [3.63, 3.8) is 0 Å². The van der Waals surface area contributed by atoms with Crippen LogP contribution in [0.4, 0.5) is 0 Å². The Morgan fingerprint density at radius 2 is 2.00 bits per heavy atom. The van der Waals surface area contributed by atoms with Crippen molar-refractivity contribution in [1.82, 2.24) is 5.32 Å². The van der Waals surface area contributed by atoms with Gasteiger partial charge in [-0.3, -0.25) is 9.59 Å². The van der Waals surface area contributed by atoms with Gasteiger partial charge in [0.25, 0.3) is 0 Å². The van der Waals surface area contributed by atoms with E-state index < -0.39 is 5.97 Å². The first-order valence-corrected chi connectivity index (χ1v) is 5.70. The maximum absolute atomic E-state index is 11.7. The zero-order valence-corrected chi connectivity index (χ0v) is 9.77. The molecule has 0 spiro atoms. The van der Waals surface area contributed by atoms with Crippen LogP contribution in [0.25, 0.3) is 0 Å². The molecular weight excluding hydrogens is 208 g/mol. The van der Waals surface area contributed by atoms with Crippen LogP contribution >= 0.6 is 0 Å². The fourth-order valence-electron chi connectivity index (χ4n) is 1.91. The third-order valence-corrected chi connectivity index (χ3v) is 3.33. The van der Waals surface area contributed by atoms with Crippen LogP contribution < -0.4 is 11.1 Å². The van der Waals surface area contributed by atoms with Crippen LogP contribution in [-0.4, -0.2) is 29.1 Å². The quantitative estimate of drug-likeness (QED) is 0.647. The second-order valence-electron chi connectivity index (χ2n) is 4.70. The minimum absolute atomic E-state index is 0.00481. The van der Waals surface area contributed by atoms with Crippen molar-refractivity contribution in [2.75, 3.05) is 0 Å². The summed E-state index contributed by atoms with van der Waals surface area (Å²) in [7, 11) is 0. The zero-order chi connectivity index (χ0) is 12.3. The van der Waals surface area contributed by atoms with E-state index in [0.29, 0.717) is 12.8 Å². The van der Waals surface area contributed by atoms with E-state index in [2.05, 4.69) is 5.32 Å². The summed E-state index contributed by atoms with van der Waals surface area (Å²) in [5.41, 5.74) is 5.63. The average Bonchev–Trinajstić information content (AvgIpc) is 2.64. The van der Waals surface area contributed by atoms with E-state index in [1.54, 1.807) is 13.8 Å². The van der Waals surface area contributed by atoms with Gasteiger partial charge in [0.15, 0.2) is 0 Å². The molecule has 0 heterocycles. The Balaban J connectivity index is 2.40. The summed E-state index contributed by atoms with van der Waals surface area (Å²) in [5.74, 6) is -1.39. The summed E-state index contributed by atoms with van der Waals surface area (Å²) in [6.07, 6.45) is 1.92. The van der Waals surface area contributed by atoms with Crippen LogP contribution in [0.3, 0.4) is 0 Å². The molecule has 92 valence electrons. The monoisotopic (exact) mass is 228 g/mol. The molecule has 1 aliphatic rings. The lowest BCUT2D eigenvalue weighted by atomic mass is 10.0. The van der Waals surface area contributed by atoms with Gasteiger partial charge in [-0.1, -0.05) is 6.92 Å². The van der Waals surface area contributed by atoms with Crippen molar-refractivity contribution in [3.8, 4) is 0 Å². The minimum atomic E-state index is -0.767. The summed E-state index contributed by atoms with van der Waals surface area (Å²) in [6, 6.07) is -0.188. The Hall–Kier alpha value is -1.10. The number of amides is 1. The number of carbonyl (C=O) groups is 2. The molecule has 4 N–H and O–H groups in total. The SMILES string of the molecule is CC(N)C(C)C(=O)N[C@H]1CC[C@@H](C(=O)O)C1. The lowest BCUT2D eigenvalue weighted by Gasteiger charge is -2.19. The molecule has 16 heavy (non-hydrogen) atoms. The smallest absolute Gasteiger partial charge is 0.306 e. The fourth-order valence-corrected chi connectivity index (χ4v) is 1.91. The molecule has 1 amide bonds. The average molecular weight is 228 g/mol. The summed E-state index contributed by atoms with van der Waals surface area (Å²) in [6.45, 7) is 3.57. The Kier molecular flexibility index (Phi) is 4.29. The third kappa shape index (κ3) is 3.20. The largest absolute Gasteiger partial charge is 0.481 e. The maximum atomic E-state index is 11.7. The Morgan fingerprint density at radius 3 is 2.44 bits per heavy atom. The lowest BCUT2D eigenvalue weighted by molar-refractivity contribution is -0.141. The molecule has 1 rings (SSSR count). The van der Waals surface area contributed by atoms with Crippen molar-refractivity contribution >= 4 is 11.9 Å². The van der Waals surface area contributed by atoms with Crippen LogP contribution in [0.2, 0.25) is 0 Å². The lowest BCUT2D eigenvalue weighted by Crippen LogP contribution is -2.42. The normalized spacial score (nSPS) is 28.4. The van der Waals surface area contributed by atoms with Crippen LogP contribution in [0, 0.1) is 11.8 Å². The number of hydrogen-bond acceptors (Lipinski definition) is 3. The molecule has 4 atom stereocenters. The van der Waals surface area contributed by atoms with Crippen LogP contribution in [0.5, 0.6) is 0 Å². The summed E-state index contributed by atoms with van der Waals surface area (Å²) in [4.78, 5) is 22.4. The Labute approximate surface area is 95.4 Å². The van der Waals surface area contributed by atoms with Gasteiger partial charge in [-0.05, 0) is 26.2 Å². The van der Waals surface area contributed by atoms with Crippen molar-refractivity contribution in [3.05, 3.63) is 0 Å². The number of rotatable bonds is 4. The van der Waals surface area contributed by atoms with Gasteiger partial charge in [-0.25, -0.2) is 0 Å². The number of nitrogens with two attached hydrogens (primary N) is 1. The molecule has 5 nitrogen and oxygen atoms in total. The van der Waals surface area contributed by atoms with E-state index in [4.69, 9.17) is 10.8 Å². The van der Waals surface area contributed by atoms with Crippen LogP contribution in [0.1, 0.15) is 33.1 Å². The molecule has 1 saturated carbocycles. The van der Waals surface area contributed by atoms with Crippen molar-refractivity contribution in [1.29, 1.82) is 0 Å². The second kappa shape index (κ2) is 5.30. The summed E-state index contributed by atoms with van der Waals surface area (Å²) in [5, 5.41) is 11.7. The predicted molar refractivity (Wildman–Crippen MR) is 59.7 cm³/mol. The highest BCUT2D eigenvalue weighted by atomic mass is 16.4. The molecule has 2 unspecified atom stereocenters. The maximum Gasteiger partial charge on any atom is 0.306 e. The number of carboxylic acids is 1. The van der Waals surface area contributed by atoms with Gasteiger partial charge in [0, 0.05) is 18.0 Å². The van der Waals surface area contributed by atoms with Crippen LogP contribution in [0.15, 0.2) is 0 Å². The molecule has 0 aromatic rings. The van der Waals surface area contributed by atoms with E-state index in [9.17, 15) is 9.59 Å². The van der Waals surface area contributed by atoms with Crippen LogP contribution in [-0.2, 0) is 9.59 Å². The molecule has 0 radical (unpaired) electrons. The van der Waals surface area contributed by atoms with Gasteiger partial charge in [0.2, 0.25) is 5.91 Å². The number of hydrogen-bond donors (Lipinski definition) is 3. The first kappa shape index (κ1) is 13.0. The summed E-state index contributed by atoms with van der Waals surface area (Å²) < 4.78 is 0. The molecule has 0 saturated heterocycles. The van der Waals surface area contributed by atoms with Gasteiger partial charge >= 0.3 is 5.97 Å². The zero-order valence-electron chi connectivity index (χ0n) is 9.77. The predicted octanol–water partition coefficient (Wildman–Crippen LogP) is 0.339. The van der Waals surface area contributed by atoms with E-state index >= 15 is 0 Å². The highest BCUT2D eigenvalue weighted by Crippen LogP contribution is 2.25. The standard InChI is InChI=1S/C11H20N2O3/c1-6(7(2)12)10(14)13-9-4-3-8(5-9)11(15)16/h6-9H,3-5,12H2,1-2H3,(H,13,14)(H,15,16)/t6?,7?,8-,9+/m1/s1. The van der Waals surface area contributed by atoms with E-state index in [1.807, 2.05) is 0 Å². The highest BCUT2D eigenvalue weighted by Gasteiger charge is 2.31. The topological polar surface area (TPSA) is 92.4 Å². The molecule has 1 fully saturated rings. The van der Waals surface area contributed by atoms with Crippen molar-refractivity contribution in [2.45, 2.75) is 45.2 Å². The van der Waals surface area contributed by atoms with Crippen molar-refractivity contribution in [2.24, 2.45) is 17.6 Å². The number of carbonyl (C=O) groups excluding carboxylic acids is 1. The first-order valence-electron chi connectivity index (χ1n) is 5.70. The minimum Gasteiger partial charge on any atom is -0.481 e. The highest BCUT2D eigenvalue weighted by molar-refractivity contribution is 5.79. The molecule has 0 aromatic carbocycles. The number of nitrogens with one attached hydrogen (secondary N) is 1. The Bertz CT molecular complexity index is 278. The van der Waals surface area contributed by atoms with Gasteiger partial charge in [0.1, 0.15) is 0 Å². The number of carboxylic acid groups (broad SMARTS) is 1. The van der Waals surface area contributed by atoms with E-state index in [-0.39, 0.29) is 29.8 Å². The molecule has 5 heteroatoms. The fraction of sp³-hybridized carbons (Fsp3) is 0.818. The van der Waals surface area contributed by atoms with E-state index in [1.165, 1.54) is 0 Å². The molecule has 1 aliphatic carbocycles. The number of aliphatic carboxylic acids is 1. The molecule has 0 aliphatic heterocycles. The molecular formula is C11H20N2O3. The van der Waals surface area contributed by atoms with Gasteiger partial charge < -0.3 is 16.2 Å². The molecule has 0 aromatic heterocycles.